The summed E-state index contributed by atoms with van der Waals surface area (Å²) in [6.07, 6.45) is 1.01. The number of carbonyl (C=O) groups is 1. The van der Waals surface area contributed by atoms with Crippen LogP contribution in [0.1, 0.15) is 22.3 Å². The van der Waals surface area contributed by atoms with E-state index in [-0.39, 0.29) is 5.91 Å². The number of ether oxygens (including phenoxy) is 2. The third-order valence-corrected chi connectivity index (χ3v) is 3.92. The molecule has 1 atom stereocenters. The van der Waals surface area contributed by atoms with E-state index in [1.54, 1.807) is 12.1 Å². The van der Waals surface area contributed by atoms with Gasteiger partial charge < -0.3 is 14.8 Å². The number of amides is 1. The van der Waals surface area contributed by atoms with E-state index in [2.05, 4.69) is 5.32 Å². The smallest absolute Gasteiger partial charge is 0.251 e. The molecule has 4 heteroatoms. The van der Waals surface area contributed by atoms with Crippen LogP contribution in [0.2, 0.25) is 0 Å². The second kappa shape index (κ2) is 7.79. The van der Waals surface area contributed by atoms with Gasteiger partial charge in [-0.25, -0.2) is 0 Å². The molecule has 0 aromatic heterocycles. The second-order valence-corrected chi connectivity index (χ2v) is 5.74. The molecule has 2 aromatic rings. The maximum Gasteiger partial charge on any atom is 0.251 e. The number of benzene rings is 2. The van der Waals surface area contributed by atoms with Crippen molar-refractivity contribution in [2.24, 2.45) is 5.92 Å². The Morgan fingerprint density at radius 2 is 2.04 bits per heavy atom. The molecule has 1 amide bonds. The van der Waals surface area contributed by atoms with Gasteiger partial charge in [-0.3, -0.25) is 4.79 Å². The van der Waals surface area contributed by atoms with E-state index in [1.165, 1.54) is 0 Å². The van der Waals surface area contributed by atoms with Gasteiger partial charge in [-0.05, 0) is 30.2 Å². The molecule has 3 rings (SSSR count). The molecule has 1 N–H and O–H groups in total. The summed E-state index contributed by atoms with van der Waals surface area (Å²) in [6, 6.07) is 17.3. The Labute approximate surface area is 136 Å². The van der Waals surface area contributed by atoms with Crippen LogP contribution >= 0.6 is 0 Å². The van der Waals surface area contributed by atoms with Crippen molar-refractivity contribution in [2.45, 2.75) is 13.0 Å². The fourth-order valence-electron chi connectivity index (χ4n) is 2.55. The van der Waals surface area contributed by atoms with Crippen LogP contribution in [0.25, 0.3) is 0 Å². The maximum absolute atomic E-state index is 12.2. The number of hydrogen-bond acceptors (Lipinski definition) is 3. The topological polar surface area (TPSA) is 47.6 Å². The molecule has 1 heterocycles. The predicted molar refractivity (Wildman–Crippen MR) is 88.5 cm³/mol. The first-order chi connectivity index (χ1) is 11.3. The van der Waals surface area contributed by atoms with Crippen molar-refractivity contribution in [2.75, 3.05) is 19.8 Å². The molecule has 1 unspecified atom stereocenters. The van der Waals surface area contributed by atoms with Crippen LogP contribution in [0, 0.1) is 5.92 Å². The van der Waals surface area contributed by atoms with Crippen molar-refractivity contribution in [3.05, 3.63) is 65.7 Å². The van der Waals surface area contributed by atoms with Crippen LogP contribution < -0.4 is 10.1 Å². The molecular formula is C19H21NO3. The molecule has 120 valence electrons. The molecule has 1 saturated heterocycles. The van der Waals surface area contributed by atoms with E-state index in [4.69, 9.17) is 9.47 Å². The van der Waals surface area contributed by atoms with E-state index in [9.17, 15) is 4.79 Å². The maximum atomic E-state index is 12.2. The molecule has 23 heavy (non-hydrogen) atoms. The first-order valence-corrected chi connectivity index (χ1v) is 7.94. The Balaban J connectivity index is 1.54. The summed E-state index contributed by atoms with van der Waals surface area (Å²) in [5, 5.41) is 2.97. The van der Waals surface area contributed by atoms with E-state index >= 15 is 0 Å². The highest BCUT2D eigenvalue weighted by molar-refractivity contribution is 5.94. The van der Waals surface area contributed by atoms with Gasteiger partial charge in [0.15, 0.2) is 0 Å². The zero-order valence-electron chi connectivity index (χ0n) is 13.0. The molecule has 0 saturated carbocycles. The monoisotopic (exact) mass is 311 g/mol. The van der Waals surface area contributed by atoms with Crippen molar-refractivity contribution >= 4 is 5.91 Å². The molecule has 2 aromatic carbocycles. The Hall–Kier alpha value is -2.33. The summed E-state index contributed by atoms with van der Waals surface area (Å²) in [6.45, 7) is 2.68. The number of rotatable bonds is 6. The zero-order chi connectivity index (χ0) is 15.9. The summed E-state index contributed by atoms with van der Waals surface area (Å²) in [5.41, 5.74) is 1.72. The van der Waals surface area contributed by atoms with Gasteiger partial charge in [-0.15, -0.1) is 0 Å². The van der Waals surface area contributed by atoms with Crippen molar-refractivity contribution in [3.8, 4) is 5.75 Å². The van der Waals surface area contributed by atoms with Crippen LogP contribution in [0.3, 0.4) is 0 Å². The predicted octanol–water partition coefficient (Wildman–Crippen LogP) is 3.03. The van der Waals surface area contributed by atoms with E-state index in [0.717, 1.165) is 25.2 Å². The SMILES string of the molecule is O=C(NCC1CCOC1)c1cccc(OCc2ccccc2)c1. The lowest BCUT2D eigenvalue weighted by Crippen LogP contribution is -2.29. The summed E-state index contributed by atoms with van der Waals surface area (Å²) >= 11 is 0. The van der Waals surface area contributed by atoms with Crippen LogP contribution in [-0.4, -0.2) is 25.7 Å². The van der Waals surface area contributed by atoms with Gasteiger partial charge in [0, 0.05) is 24.6 Å². The second-order valence-electron chi connectivity index (χ2n) is 5.74. The Bertz CT molecular complexity index is 636. The average Bonchev–Trinajstić information content (AvgIpc) is 3.12. The van der Waals surface area contributed by atoms with Gasteiger partial charge >= 0.3 is 0 Å². The Morgan fingerprint density at radius 1 is 1.17 bits per heavy atom. The van der Waals surface area contributed by atoms with Gasteiger partial charge in [-0.2, -0.15) is 0 Å². The molecule has 4 nitrogen and oxygen atoms in total. The van der Waals surface area contributed by atoms with E-state index in [0.29, 0.717) is 30.4 Å². The molecular weight excluding hydrogens is 290 g/mol. The molecule has 0 bridgehead atoms. The van der Waals surface area contributed by atoms with Gasteiger partial charge in [-0.1, -0.05) is 36.4 Å². The van der Waals surface area contributed by atoms with Crippen molar-refractivity contribution < 1.29 is 14.3 Å². The Kier molecular flexibility index (Phi) is 5.27. The standard InChI is InChI=1S/C19H21NO3/c21-19(20-12-16-9-10-22-13-16)17-7-4-8-18(11-17)23-14-15-5-2-1-3-6-15/h1-8,11,16H,9-10,12-14H2,(H,20,21). The van der Waals surface area contributed by atoms with Crippen LogP contribution in [0.15, 0.2) is 54.6 Å². The summed E-state index contributed by atoms with van der Waals surface area (Å²) in [4.78, 5) is 12.2. The molecule has 0 aliphatic carbocycles. The number of hydrogen-bond donors (Lipinski definition) is 1. The van der Waals surface area contributed by atoms with Gasteiger partial charge in [0.25, 0.3) is 5.91 Å². The fourth-order valence-corrected chi connectivity index (χ4v) is 2.55. The summed E-state index contributed by atoms with van der Waals surface area (Å²) < 4.78 is 11.1. The highest BCUT2D eigenvalue weighted by Crippen LogP contribution is 2.16. The lowest BCUT2D eigenvalue weighted by molar-refractivity contribution is 0.0944. The summed E-state index contributed by atoms with van der Waals surface area (Å²) in [7, 11) is 0. The quantitative estimate of drug-likeness (QED) is 0.892. The lowest BCUT2D eigenvalue weighted by Gasteiger charge is -2.11. The number of carbonyl (C=O) groups excluding carboxylic acids is 1. The van der Waals surface area contributed by atoms with E-state index in [1.807, 2.05) is 42.5 Å². The van der Waals surface area contributed by atoms with Crippen molar-refractivity contribution in [3.63, 3.8) is 0 Å². The minimum atomic E-state index is -0.0675. The minimum Gasteiger partial charge on any atom is -0.489 e. The number of nitrogens with one attached hydrogen (secondary N) is 1. The van der Waals surface area contributed by atoms with Crippen molar-refractivity contribution in [1.29, 1.82) is 0 Å². The lowest BCUT2D eigenvalue weighted by atomic mass is 10.1. The first kappa shape index (κ1) is 15.6. The molecule has 0 radical (unpaired) electrons. The normalized spacial score (nSPS) is 17.0. The third kappa shape index (κ3) is 4.57. The van der Waals surface area contributed by atoms with Gasteiger partial charge in [0.2, 0.25) is 0 Å². The van der Waals surface area contributed by atoms with E-state index < -0.39 is 0 Å². The van der Waals surface area contributed by atoms with Crippen LogP contribution in [-0.2, 0) is 11.3 Å². The largest absolute Gasteiger partial charge is 0.489 e. The molecule has 1 aliphatic rings. The van der Waals surface area contributed by atoms with Crippen LogP contribution in [0.4, 0.5) is 0 Å². The molecule has 1 aliphatic heterocycles. The zero-order valence-corrected chi connectivity index (χ0v) is 13.0. The fraction of sp³-hybridized carbons (Fsp3) is 0.316. The average molecular weight is 311 g/mol. The van der Waals surface area contributed by atoms with Crippen molar-refractivity contribution in [1.82, 2.24) is 5.32 Å². The summed E-state index contributed by atoms with van der Waals surface area (Å²) in [5.74, 6) is 1.06. The third-order valence-electron chi connectivity index (χ3n) is 3.92. The highest BCUT2D eigenvalue weighted by atomic mass is 16.5. The minimum absolute atomic E-state index is 0.0675. The molecule has 1 fully saturated rings. The highest BCUT2D eigenvalue weighted by Gasteiger charge is 2.16. The van der Waals surface area contributed by atoms with Crippen LogP contribution in [0.5, 0.6) is 5.75 Å². The van der Waals surface area contributed by atoms with Gasteiger partial charge in [0.1, 0.15) is 12.4 Å². The Morgan fingerprint density at radius 3 is 2.83 bits per heavy atom. The molecule has 0 spiro atoms. The van der Waals surface area contributed by atoms with Gasteiger partial charge in [0.05, 0.1) is 6.61 Å². The first-order valence-electron chi connectivity index (χ1n) is 7.94.